The van der Waals surface area contributed by atoms with Crippen molar-refractivity contribution in [1.82, 2.24) is 20.2 Å². The lowest BCUT2D eigenvalue weighted by Gasteiger charge is -2.17. The van der Waals surface area contributed by atoms with Gasteiger partial charge in [0.15, 0.2) is 5.82 Å². The highest BCUT2D eigenvalue weighted by Gasteiger charge is 2.20. The van der Waals surface area contributed by atoms with Gasteiger partial charge in [0, 0.05) is 30.6 Å². The van der Waals surface area contributed by atoms with Crippen LogP contribution in [-0.2, 0) is 10.5 Å². The van der Waals surface area contributed by atoms with E-state index in [1.54, 1.807) is 38.4 Å². The maximum absolute atomic E-state index is 12.9. The monoisotopic (exact) mass is 415 g/mol. The van der Waals surface area contributed by atoms with Gasteiger partial charge in [-0.25, -0.2) is 4.98 Å². The summed E-state index contributed by atoms with van der Waals surface area (Å²) >= 11 is 1.42. The van der Waals surface area contributed by atoms with Crippen LogP contribution in [0.1, 0.15) is 33.1 Å². The number of nitrogens with one attached hydrogen (secondary N) is 1. The van der Waals surface area contributed by atoms with Crippen molar-refractivity contribution in [3.63, 3.8) is 0 Å². The third-order valence-corrected chi connectivity index (χ3v) is 5.19. The van der Waals surface area contributed by atoms with Gasteiger partial charge >= 0.3 is 0 Å². The number of hydrogen-bond acceptors (Lipinski definition) is 8. The Morgan fingerprint density at radius 1 is 1.21 bits per heavy atom. The molecule has 2 amide bonds. The van der Waals surface area contributed by atoms with Gasteiger partial charge in [0.2, 0.25) is 5.91 Å². The predicted molar refractivity (Wildman–Crippen MR) is 107 cm³/mol. The molecule has 0 saturated heterocycles. The number of anilines is 1. The Hall–Kier alpha value is -3.14. The van der Waals surface area contributed by atoms with Crippen LogP contribution in [-0.4, -0.2) is 45.6 Å². The summed E-state index contributed by atoms with van der Waals surface area (Å²) in [5, 5.41) is 10.8. The first kappa shape index (κ1) is 20.6. The molecule has 0 aliphatic rings. The number of carbonyl (C=O) groups is 2. The summed E-state index contributed by atoms with van der Waals surface area (Å²) < 4.78 is 10.1. The van der Waals surface area contributed by atoms with E-state index in [-0.39, 0.29) is 18.4 Å². The molecule has 0 atom stereocenters. The van der Waals surface area contributed by atoms with Crippen LogP contribution in [0.25, 0.3) is 0 Å². The van der Waals surface area contributed by atoms with Gasteiger partial charge in [-0.05, 0) is 32.9 Å². The lowest BCUT2D eigenvalue weighted by molar-refractivity contribution is -0.116. The van der Waals surface area contributed by atoms with Gasteiger partial charge < -0.3 is 19.3 Å². The van der Waals surface area contributed by atoms with Crippen molar-refractivity contribution in [2.45, 2.75) is 31.6 Å². The minimum atomic E-state index is -0.372. The summed E-state index contributed by atoms with van der Waals surface area (Å²) in [4.78, 5) is 30.7. The quantitative estimate of drug-likeness (QED) is 0.586. The second-order valence-corrected chi connectivity index (χ2v) is 7.44. The van der Waals surface area contributed by atoms with E-state index in [1.165, 1.54) is 16.7 Å². The first-order chi connectivity index (χ1) is 13.8. The Labute approximate surface area is 171 Å². The third-order valence-electron chi connectivity index (χ3n) is 4.16. The summed E-state index contributed by atoms with van der Waals surface area (Å²) in [6.45, 7) is 5.32. The average molecular weight is 415 g/mol. The molecule has 3 aromatic rings. The Bertz CT molecular complexity index is 1010. The zero-order chi connectivity index (χ0) is 21.0. The van der Waals surface area contributed by atoms with Crippen LogP contribution >= 0.6 is 11.8 Å². The molecule has 3 rings (SSSR count). The molecule has 0 spiro atoms. The molecule has 0 radical (unpaired) electrons. The van der Waals surface area contributed by atoms with Crippen LogP contribution in [0.2, 0.25) is 0 Å². The number of aryl methyl sites for hydroxylation is 3. The smallest absolute Gasteiger partial charge is 0.256 e. The molecule has 0 aliphatic heterocycles. The average Bonchev–Trinajstić information content (AvgIpc) is 3.24. The number of thioether (sulfide) groups is 1. The van der Waals surface area contributed by atoms with Gasteiger partial charge in [-0.2, -0.15) is 0 Å². The van der Waals surface area contributed by atoms with E-state index < -0.39 is 0 Å². The topological polar surface area (TPSA) is 114 Å². The summed E-state index contributed by atoms with van der Waals surface area (Å²) in [6.07, 6.45) is 1.63. The van der Waals surface area contributed by atoms with Crippen molar-refractivity contribution in [2.24, 2.45) is 0 Å². The van der Waals surface area contributed by atoms with Crippen LogP contribution in [0.5, 0.6) is 0 Å². The van der Waals surface area contributed by atoms with Crippen LogP contribution in [0, 0.1) is 20.8 Å². The molecule has 0 bridgehead atoms. The molecular weight excluding hydrogens is 394 g/mol. The largest absolute Gasteiger partial charge is 0.361 e. The molecule has 3 heterocycles. The second kappa shape index (κ2) is 8.91. The van der Waals surface area contributed by atoms with E-state index in [1.807, 2.05) is 13.8 Å². The number of aromatic nitrogens is 3. The van der Waals surface area contributed by atoms with Crippen molar-refractivity contribution < 1.29 is 18.6 Å². The molecule has 152 valence electrons. The zero-order valence-electron chi connectivity index (χ0n) is 16.6. The molecule has 9 nitrogen and oxygen atoms in total. The fourth-order valence-electron chi connectivity index (χ4n) is 2.62. The lowest BCUT2D eigenvalue weighted by Crippen LogP contribution is -2.35. The highest BCUT2D eigenvalue weighted by Crippen LogP contribution is 2.27. The molecule has 3 aromatic heterocycles. The maximum Gasteiger partial charge on any atom is 0.256 e. The van der Waals surface area contributed by atoms with Gasteiger partial charge in [-0.3, -0.25) is 9.59 Å². The lowest BCUT2D eigenvalue weighted by atomic mass is 10.2. The molecule has 0 saturated carbocycles. The number of hydrogen-bond donors (Lipinski definition) is 1. The molecule has 0 fully saturated rings. The fraction of sp³-hybridized carbons (Fsp3) is 0.316. The van der Waals surface area contributed by atoms with Crippen LogP contribution < -0.4 is 5.32 Å². The predicted octanol–water partition coefficient (Wildman–Crippen LogP) is 2.99. The SMILES string of the molecule is Cc1cc(NC(=O)CN(C)C(=O)c2cccnc2SCc2c(C)noc2C)no1. The number of carbonyl (C=O) groups excluding carboxylic acids is 2. The molecular formula is C19H21N5O4S. The van der Waals surface area contributed by atoms with Crippen molar-refractivity contribution in [3.8, 4) is 0 Å². The van der Waals surface area contributed by atoms with Gasteiger partial charge in [0.05, 0.1) is 17.8 Å². The molecule has 29 heavy (non-hydrogen) atoms. The van der Waals surface area contributed by atoms with Crippen molar-refractivity contribution in [3.05, 3.63) is 52.7 Å². The van der Waals surface area contributed by atoms with Gasteiger partial charge in [-0.1, -0.05) is 10.3 Å². The molecule has 0 unspecified atom stereocenters. The van der Waals surface area contributed by atoms with Crippen molar-refractivity contribution in [1.29, 1.82) is 0 Å². The number of amides is 2. The number of rotatable bonds is 7. The molecule has 10 heteroatoms. The van der Waals surface area contributed by atoms with Crippen LogP contribution in [0.4, 0.5) is 5.82 Å². The minimum absolute atomic E-state index is 0.131. The Kier molecular flexibility index (Phi) is 6.32. The second-order valence-electron chi connectivity index (χ2n) is 6.48. The van der Waals surface area contributed by atoms with E-state index in [2.05, 4.69) is 20.6 Å². The zero-order valence-corrected chi connectivity index (χ0v) is 17.4. The molecule has 0 aliphatic carbocycles. The standard InChI is InChI=1S/C19H21N5O4S/c1-11-8-16(23-27-11)21-17(25)9-24(4)19(26)14-6-5-7-20-18(14)29-10-15-12(2)22-28-13(15)3/h5-8H,9-10H2,1-4H3,(H,21,23,25). The molecule has 0 aromatic carbocycles. The Morgan fingerprint density at radius 3 is 2.66 bits per heavy atom. The van der Waals surface area contributed by atoms with Gasteiger partial charge in [0.1, 0.15) is 16.5 Å². The van der Waals surface area contributed by atoms with Crippen molar-refractivity contribution in [2.75, 3.05) is 18.9 Å². The Balaban J connectivity index is 1.66. The first-order valence-corrected chi connectivity index (χ1v) is 9.82. The van der Waals surface area contributed by atoms with E-state index in [0.29, 0.717) is 27.9 Å². The van der Waals surface area contributed by atoms with E-state index in [4.69, 9.17) is 9.05 Å². The van der Waals surface area contributed by atoms with Crippen molar-refractivity contribution >= 4 is 29.4 Å². The first-order valence-electron chi connectivity index (χ1n) is 8.83. The van der Waals surface area contributed by atoms with Gasteiger partial charge in [0.25, 0.3) is 5.91 Å². The van der Waals surface area contributed by atoms with E-state index >= 15 is 0 Å². The highest BCUT2D eigenvalue weighted by atomic mass is 32.2. The third kappa shape index (κ3) is 5.02. The Morgan fingerprint density at radius 2 is 2.00 bits per heavy atom. The van der Waals surface area contributed by atoms with E-state index in [9.17, 15) is 9.59 Å². The summed E-state index contributed by atoms with van der Waals surface area (Å²) in [6, 6.07) is 4.99. The minimum Gasteiger partial charge on any atom is -0.361 e. The number of likely N-dealkylation sites (N-methyl/N-ethyl adjacent to an activating group) is 1. The van der Waals surface area contributed by atoms with Crippen LogP contribution in [0.3, 0.4) is 0 Å². The van der Waals surface area contributed by atoms with Crippen LogP contribution in [0.15, 0.2) is 38.5 Å². The number of pyridine rings is 1. The summed E-state index contributed by atoms with van der Waals surface area (Å²) in [5.74, 6) is 1.55. The normalized spacial score (nSPS) is 10.8. The fourth-order valence-corrected chi connectivity index (χ4v) is 3.76. The maximum atomic E-state index is 12.9. The summed E-state index contributed by atoms with van der Waals surface area (Å²) in [7, 11) is 1.56. The van der Waals surface area contributed by atoms with E-state index in [0.717, 1.165) is 17.0 Å². The highest BCUT2D eigenvalue weighted by molar-refractivity contribution is 7.98. The number of nitrogens with zero attached hydrogens (tertiary/aromatic N) is 4. The van der Waals surface area contributed by atoms with Gasteiger partial charge in [-0.15, -0.1) is 11.8 Å². The molecule has 1 N–H and O–H groups in total. The summed E-state index contributed by atoms with van der Waals surface area (Å²) in [5.41, 5.74) is 2.22.